The van der Waals surface area contributed by atoms with Crippen LogP contribution in [0.1, 0.15) is 29.4 Å². The van der Waals surface area contributed by atoms with E-state index in [4.69, 9.17) is 0 Å². The van der Waals surface area contributed by atoms with Crippen molar-refractivity contribution in [2.24, 2.45) is 0 Å². The van der Waals surface area contributed by atoms with Crippen molar-refractivity contribution in [1.82, 2.24) is 14.8 Å². The van der Waals surface area contributed by atoms with Crippen LogP contribution in [0.5, 0.6) is 0 Å². The Labute approximate surface area is 133 Å². The highest BCUT2D eigenvalue weighted by Crippen LogP contribution is 2.25. The van der Waals surface area contributed by atoms with Crippen LogP contribution in [0.2, 0.25) is 0 Å². The number of amides is 1. The van der Waals surface area contributed by atoms with Gasteiger partial charge in [-0.25, -0.2) is 0 Å². The van der Waals surface area contributed by atoms with E-state index < -0.39 is 0 Å². The number of nitrogens with one attached hydrogen (secondary N) is 2. The predicted molar refractivity (Wildman–Crippen MR) is 88.2 cm³/mol. The Hall–Kier alpha value is -2.34. The quantitative estimate of drug-likeness (QED) is 0.757. The standard InChI is InChI=1S/C16H18N4OS/c1-11-16(12(2)19-18-11)17-15(21)9-14(13-5-8-22-10-13)20-6-3-4-7-20/h3-8,10,14H,9H2,1-2H3,(H,17,21)(H,18,19). The van der Waals surface area contributed by atoms with Crippen molar-refractivity contribution in [3.05, 3.63) is 58.3 Å². The molecule has 3 aromatic heterocycles. The van der Waals surface area contributed by atoms with Crippen LogP contribution in [-0.4, -0.2) is 20.7 Å². The first-order valence-electron chi connectivity index (χ1n) is 7.11. The molecular formula is C16H18N4OS. The SMILES string of the molecule is Cc1n[nH]c(C)c1NC(=O)CC(c1ccsc1)n1cccc1. The Morgan fingerprint density at radius 3 is 2.77 bits per heavy atom. The van der Waals surface area contributed by atoms with Gasteiger partial charge in [0.05, 0.1) is 29.5 Å². The molecule has 3 rings (SSSR count). The predicted octanol–water partition coefficient (Wildman–Crippen LogP) is 3.51. The maximum atomic E-state index is 12.5. The summed E-state index contributed by atoms with van der Waals surface area (Å²) in [5, 5.41) is 14.1. The number of thiophene rings is 1. The van der Waals surface area contributed by atoms with E-state index in [1.165, 1.54) is 0 Å². The summed E-state index contributed by atoms with van der Waals surface area (Å²) in [6, 6.07) is 6.02. The van der Waals surface area contributed by atoms with Gasteiger partial charge < -0.3 is 9.88 Å². The second-order valence-corrected chi connectivity index (χ2v) is 6.04. The van der Waals surface area contributed by atoms with E-state index in [-0.39, 0.29) is 11.9 Å². The van der Waals surface area contributed by atoms with E-state index in [0.717, 1.165) is 22.6 Å². The Morgan fingerprint density at radius 1 is 1.41 bits per heavy atom. The highest BCUT2D eigenvalue weighted by Gasteiger charge is 2.19. The number of carbonyl (C=O) groups is 1. The average molecular weight is 314 g/mol. The van der Waals surface area contributed by atoms with E-state index in [9.17, 15) is 4.79 Å². The molecule has 3 aromatic rings. The number of aromatic nitrogens is 3. The lowest BCUT2D eigenvalue weighted by atomic mass is 10.1. The largest absolute Gasteiger partial charge is 0.346 e. The minimum atomic E-state index is -0.0162. The van der Waals surface area contributed by atoms with Crippen molar-refractivity contribution < 1.29 is 4.79 Å². The number of aromatic amines is 1. The first kappa shape index (κ1) is 14.6. The van der Waals surface area contributed by atoms with Gasteiger partial charge in [0.15, 0.2) is 0 Å². The topological polar surface area (TPSA) is 62.7 Å². The fraction of sp³-hybridized carbons (Fsp3) is 0.250. The number of hydrogen-bond donors (Lipinski definition) is 2. The molecule has 0 aliphatic heterocycles. The zero-order valence-corrected chi connectivity index (χ0v) is 13.4. The van der Waals surface area contributed by atoms with Crippen LogP contribution in [-0.2, 0) is 4.79 Å². The van der Waals surface area contributed by atoms with Gasteiger partial charge in [-0.1, -0.05) is 0 Å². The van der Waals surface area contributed by atoms with Crippen LogP contribution < -0.4 is 5.32 Å². The van der Waals surface area contributed by atoms with Crippen LogP contribution in [0.15, 0.2) is 41.4 Å². The van der Waals surface area contributed by atoms with E-state index >= 15 is 0 Å². The van der Waals surface area contributed by atoms with E-state index in [1.807, 2.05) is 43.8 Å². The van der Waals surface area contributed by atoms with Crippen molar-refractivity contribution in [2.75, 3.05) is 5.32 Å². The molecule has 22 heavy (non-hydrogen) atoms. The zero-order valence-electron chi connectivity index (χ0n) is 12.5. The highest BCUT2D eigenvalue weighted by atomic mass is 32.1. The van der Waals surface area contributed by atoms with Gasteiger partial charge in [-0.05, 0) is 48.4 Å². The van der Waals surface area contributed by atoms with Gasteiger partial charge in [-0.2, -0.15) is 16.4 Å². The minimum Gasteiger partial charge on any atom is -0.346 e. The number of aryl methyl sites for hydroxylation is 2. The molecule has 114 valence electrons. The van der Waals surface area contributed by atoms with Gasteiger partial charge in [-0.3, -0.25) is 9.89 Å². The van der Waals surface area contributed by atoms with Crippen molar-refractivity contribution in [1.29, 1.82) is 0 Å². The number of anilines is 1. The third-order valence-electron chi connectivity index (χ3n) is 3.69. The minimum absolute atomic E-state index is 0.00811. The molecule has 0 aliphatic rings. The lowest BCUT2D eigenvalue weighted by molar-refractivity contribution is -0.116. The van der Waals surface area contributed by atoms with E-state index in [0.29, 0.717) is 6.42 Å². The molecule has 5 nitrogen and oxygen atoms in total. The first-order chi connectivity index (χ1) is 10.6. The molecule has 3 heterocycles. The lowest BCUT2D eigenvalue weighted by Gasteiger charge is -2.18. The van der Waals surface area contributed by atoms with Crippen LogP contribution >= 0.6 is 11.3 Å². The Bertz CT molecular complexity index is 690. The summed E-state index contributed by atoms with van der Waals surface area (Å²) in [6.07, 6.45) is 4.36. The van der Waals surface area contributed by atoms with Crippen LogP contribution in [0, 0.1) is 13.8 Å². The smallest absolute Gasteiger partial charge is 0.226 e. The molecule has 0 radical (unpaired) electrons. The van der Waals surface area contributed by atoms with Crippen molar-refractivity contribution in [3.8, 4) is 0 Å². The monoisotopic (exact) mass is 314 g/mol. The Balaban J connectivity index is 1.78. The summed E-state index contributed by atoms with van der Waals surface area (Å²) in [5.74, 6) is -0.0162. The fourth-order valence-electron chi connectivity index (χ4n) is 2.52. The van der Waals surface area contributed by atoms with Gasteiger partial charge in [0, 0.05) is 12.4 Å². The third kappa shape index (κ3) is 2.96. The van der Waals surface area contributed by atoms with Gasteiger partial charge in [0.25, 0.3) is 0 Å². The molecule has 1 amide bonds. The van der Waals surface area contributed by atoms with Crippen LogP contribution in [0.25, 0.3) is 0 Å². The summed E-state index contributed by atoms with van der Waals surface area (Å²) in [5.41, 5.74) is 3.61. The summed E-state index contributed by atoms with van der Waals surface area (Å²) in [4.78, 5) is 12.5. The summed E-state index contributed by atoms with van der Waals surface area (Å²) >= 11 is 1.64. The number of hydrogen-bond acceptors (Lipinski definition) is 3. The Kier molecular flexibility index (Phi) is 4.11. The maximum Gasteiger partial charge on any atom is 0.226 e. The normalized spacial score (nSPS) is 12.3. The molecule has 0 fully saturated rings. The molecule has 0 spiro atoms. The van der Waals surface area contributed by atoms with E-state index in [1.54, 1.807) is 11.3 Å². The number of nitrogens with zero attached hydrogens (tertiary/aromatic N) is 2. The molecule has 1 unspecified atom stereocenters. The van der Waals surface area contributed by atoms with Crippen LogP contribution in [0.4, 0.5) is 5.69 Å². The second-order valence-electron chi connectivity index (χ2n) is 5.26. The molecule has 1 atom stereocenters. The molecule has 0 saturated heterocycles. The number of H-pyrrole nitrogens is 1. The molecule has 0 aromatic carbocycles. The zero-order chi connectivity index (χ0) is 15.5. The second kappa shape index (κ2) is 6.19. The third-order valence-corrected chi connectivity index (χ3v) is 4.39. The molecular weight excluding hydrogens is 296 g/mol. The van der Waals surface area contributed by atoms with Gasteiger partial charge in [-0.15, -0.1) is 0 Å². The molecule has 0 aliphatic carbocycles. The number of rotatable bonds is 5. The highest BCUT2D eigenvalue weighted by molar-refractivity contribution is 7.08. The van der Waals surface area contributed by atoms with Crippen LogP contribution in [0.3, 0.4) is 0 Å². The molecule has 0 bridgehead atoms. The van der Waals surface area contributed by atoms with Crippen molar-refractivity contribution in [2.45, 2.75) is 26.3 Å². The van der Waals surface area contributed by atoms with Crippen molar-refractivity contribution >= 4 is 22.9 Å². The average Bonchev–Trinajstić information content (AvgIpc) is 3.23. The fourth-order valence-corrected chi connectivity index (χ4v) is 3.22. The molecule has 0 saturated carbocycles. The van der Waals surface area contributed by atoms with E-state index in [2.05, 4.69) is 31.5 Å². The molecule has 2 N–H and O–H groups in total. The molecule has 6 heteroatoms. The first-order valence-corrected chi connectivity index (χ1v) is 8.05. The lowest BCUT2D eigenvalue weighted by Crippen LogP contribution is -2.19. The van der Waals surface area contributed by atoms with Gasteiger partial charge in [0.1, 0.15) is 0 Å². The summed E-state index contributed by atoms with van der Waals surface area (Å²) < 4.78 is 2.07. The number of carbonyl (C=O) groups excluding carboxylic acids is 1. The van der Waals surface area contributed by atoms with Gasteiger partial charge in [0.2, 0.25) is 5.91 Å². The Morgan fingerprint density at radius 2 is 2.18 bits per heavy atom. The van der Waals surface area contributed by atoms with Gasteiger partial charge >= 0.3 is 0 Å². The van der Waals surface area contributed by atoms with Crippen molar-refractivity contribution in [3.63, 3.8) is 0 Å². The summed E-state index contributed by atoms with van der Waals surface area (Å²) in [6.45, 7) is 3.78. The summed E-state index contributed by atoms with van der Waals surface area (Å²) in [7, 11) is 0. The maximum absolute atomic E-state index is 12.5.